The first-order valence-electron chi connectivity index (χ1n) is 30.9. The molecule has 0 aromatic carbocycles. The van der Waals surface area contributed by atoms with E-state index < -0.39 is 6.10 Å². The maximum Gasteiger partial charge on any atom is 0.306 e. The Labute approximate surface area is 457 Å². The maximum atomic E-state index is 12.9. The molecule has 0 saturated heterocycles. The topological polar surface area (TPSA) is 78.9 Å². The number of ether oxygens (including phenoxy) is 3. The van der Waals surface area contributed by atoms with E-state index in [1.807, 2.05) is 0 Å². The van der Waals surface area contributed by atoms with E-state index >= 15 is 0 Å². The summed E-state index contributed by atoms with van der Waals surface area (Å²) in [5.74, 6) is -0.935. The minimum Gasteiger partial charge on any atom is -0.462 e. The molecule has 0 N–H and O–H groups in total. The Bertz CT molecular complexity index is 1510. The lowest BCUT2D eigenvalue weighted by atomic mass is 10.0. The third-order valence-electron chi connectivity index (χ3n) is 13.0. The number of unbranched alkanes of at least 4 members (excludes halogenated alkanes) is 26. The van der Waals surface area contributed by atoms with Gasteiger partial charge in [0.1, 0.15) is 13.2 Å². The SMILES string of the molecule is CC/C=C\C/C=C\C/C=C\C/C=C\C/C=C\C/C=C\C/C=C\CCCCCC(=O)OCC(COC(=O)CCCCCCC/C=C\C/C=C\CCC)OC(=O)CCCCCCCCCCCCCCCCCCCC. The van der Waals surface area contributed by atoms with Gasteiger partial charge in [-0.15, -0.1) is 0 Å². The summed E-state index contributed by atoms with van der Waals surface area (Å²) in [6, 6.07) is 0. The van der Waals surface area contributed by atoms with Crippen molar-refractivity contribution in [2.45, 2.75) is 290 Å². The van der Waals surface area contributed by atoms with Gasteiger partial charge < -0.3 is 14.2 Å². The van der Waals surface area contributed by atoms with Gasteiger partial charge >= 0.3 is 17.9 Å². The molecule has 0 aliphatic carbocycles. The molecule has 0 radical (unpaired) electrons. The second-order valence-corrected chi connectivity index (χ2v) is 20.2. The van der Waals surface area contributed by atoms with Crippen LogP contribution in [0.4, 0.5) is 0 Å². The predicted molar refractivity (Wildman–Crippen MR) is 320 cm³/mol. The molecule has 0 aliphatic heterocycles. The van der Waals surface area contributed by atoms with Crippen molar-refractivity contribution in [2.24, 2.45) is 0 Å². The molecular weight excluding hydrogens is 913 g/mol. The first-order chi connectivity index (χ1) is 36.5. The van der Waals surface area contributed by atoms with Crippen LogP contribution >= 0.6 is 0 Å². The van der Waals surface area contributed by atoms with Crippen LogP contribution < -0.4 is 0 Å². The van der Waals surface area contributed by atoms with Crippen LogP contribution in [0.1, 0.15) is 284 Å². The van der Waals surface area contributed by atoms with Gasteiger partial charge in [0.25, 0.3) is 0 Å². The lowest BCUT2D eigenvalue weighted by Crippen LogP contribution is -2.30. The lowest BCUT2D eigenvalue weighted by molar-refractivity contribution is -0.167. The van der Waals surface area contributed by atoms with Crippen LogP contribution in [0.2, 0.25) is 0 Å². The first kappa shape index (κ1) is 70.1. The number of carbonyl (C=O) groups excluding carboxylic acids is 3. The fourth-order valence-corrected chi connectivity index (χ4v) is 8.40. The molecule has 0 aliphatic rings. The molecular formula is C68H114O6. The van der Waals surface area contributed by atoms with Gasteiger partial charge in [0.05, 0.1) is 0 Å². The summed E-state index contributed by atoms with van der Waals surface area (Å²) in [6.45, 7) is 6.44. The highest BCUT2D eigenvalue weighted by molar-refractivity contribution is 5.71. The third kappa shape index (κ3) is 59.0. The van der Waals surface area contributed by atoms with Crippen molar-refractivity contribution in [3.63, 3.8) is 0 Å². The number of esters is 3. The summed E-state index contributed by atoms with van der Waals surface area (Å²) in [6.07, 6.45) is 83.7. The maximum absolute atomic E-state index is 12.9. The average molecular weight is 1030 g/mol. The van der Waals surface area contributed by atoms with Gasteiger partial charge in [-0.1, -0.05) is 271 Å². The molecule has 6 nitrogen and oxygen atoms in total. The summed E-state index contributed by atoms with van der Waals surface area (Å²) in [4.78, 5) is 38.2. The molecule has 0 aromatic heterocycles. The summed E-state index contributed by atoms with van der Waals surface area (Å²) in [7, 11) is 0. The van der Waals surface area contributed by atoms with E-state index in [2.05, 4.69) is 130 Å². The van der Waals surface area contributed by atoms with Crippen molar-refractivity contribution in [3.05, 3.63) is 109 Å². The van der Waals surface area contributed by atoms with Crippen molar-refractivity contribution in [2.75, 3.05) is 13.2 Å². The predicted octanol–water partition coefficient (Wildman–Crippen LogP) is 21.0. The van der Waals surface area contributed by atoms with Gasteiger partial charge in [0.2, 0.25) is 0 Å². The number of rotatable bonds is 55. The Morgan fingerprint density at radius 1 is 0.284 bits per heavy atom. The Morgan fingerprint density at radius 2 is 0.554 bits per heavy atom. The number of carbonyl (C=O) groups is 3. The van der Waals surface area contributed by atoms with Crippen LogP contribution in [-0.2, 0) is 28.6 Å². The minimum absolute atomic E-state index is 0.0954. The second kappa shape index (κ2) is 61.6. The summed E-state index contributed by atoms with van der Waals surface area (Å²) in [5.41, 5.74) is 0. The molecule has 6 heteroatoms. The highest BCUT2D eigenvalue weighted by Crippen LogP contribution is 2.16. The smallest absolute Gasteiger partial charge is 0.306 e. The van der Waals surface area contributed by atoms with Gasteiger partial charge in [-0.25, -0.2) is 0 Å². The number of hydrogen-bond acceptors (Lipinski definition) is 6. The van der Waals surface area contributed by atoms with E-state index in [4.69, 9.17) is 14.2 Å². The standard InChI is InChI=1S/C68H114O6/c1-4-7-10-13-16-19-22-25-27-29-31-32-33-34-35-36-37-39-40-43-46-49-52-55-58-61-67(70)73-64-65(63-72-66(69)60-57-54-51-48-45-42-24-21-18-15-12-9-6-3)74-68(71)62-59-56-53-50-47-44-41-38-30-28-26-23-20-17-14-11-8-5-2/h7,10,12,15-16,19,21,24-25,27,31-32,34-35,37,39,43,46,65H,4-6,8-9,11,13-14,17-18,20,22-23,26,28-30,33,36,38,40-42,44-45,47-64H2,1-3H3/b10-7-,15-12-,19-16-,24-21-,27-25-,32-31-,35-34-,39-37-,46-43-. The molecule has 0 rings (SSSR count). The fraction of sp³-hybridized carbons (Fsp3) is 0.691. The molecule has 0 spiro atoms. The van der Waals surface area contributed by atoms with Gasteiger partial charge in [-0.2, -0.15) is 0 Å². The fourth-order valence-electron chi connectivity index (χ4n) is 8.40. The van der Waals surface area contributed by atoms with Crippen LogP contribution in [-0.4, -0.2) is 37.2 Å². The first-order valence-corrected chi connectivity index (χ1v) is 30.9. The number of hydrogen-bond donors (Lipinski definition) is 0. The molecule has 1 atom stereocenters. The van der Waals surface area contributed by atoms with Gasteiger partial charge in [0.15, 0.2) is 6.10 Å². The van der Waals surface area contributed by atoms with Crippen LogP contribution in [0.3, 0.4) is 0 Å². The second-order valence-electron chi connectivity index (χ2n) is 20.2. The Hall–Kier alpha value is -3.93. The highest BCUT2D eigenvalue weighted by Gasteiger charge is 2.19. The van der Waals surface area contributed by atoms with Crippen molar-refractivity contribution < 1.29 is 28.6 Å². The quantitative estimate of drug-likeness (QED) is 0.0261. The van der Waals surface area contributed by atoms with E-state index in [9.17, 15) is 14.4 Å². The molecule has 422 valence electrons. The Kier molecular flexibility index (Phi) is 58.3. The lowest BCUT2D eigenvalue weighted by Gasteiger charge is -2.18. The monoisotopic (exact) mass is 1030 g/mol. The third-order valence-corrected chi connectivity index (χ3v) is 13.0. The van der Waals surface area contributed by atoms with Crippen molar-refractivity contribution in [1.29, 1.82) is 0 Å². The highest BCUT2D eigenvalue weighted by atomic mass is 16.6. The van der Waals surface area contributed by atoms with Gasteiger partial charge in [-0.05, 0) is 103 Å². The molecule has 0 heterocycles. The number of allylic oxidation sites excluding steroid dienone is 18. The zero-order valence-corrected chi connectivity index (χ0v) is 48.3. The van der Waals surface area contributed by atoms with Gasteiger partial charge in [-0.3, -0.25) is 14.4 Å². The average Bonchev–Trinajstić information content (AvgIpc) is 3.40. The normalized spacial score (nSPS) is 12.9. The van der Waals surface area contributed by atoms with E-state index in [1.54, 1.807) is 0 Å². The molecule has 0 bridgehead atoms. The van der Waals surface area contributed by atoms with Crippen LogP contribution in [0.15, 0.2) is 109 Å². The molecule has 0 fully saturated rings. The zero-order valence-electron chi connectivity index (χ0n) is 48.3. The van der Waals surface area contributed by atoms with Crippen LogP contribution in [0.25, 0.3) is 0 Å². The largest absolute Gasteiger partial charge is 0.462 e. The Morgan fingerprint density at radius 3 is 0.892 bits per heavy atom. The summed E-state index contributed by atoms with van der Waals surface area (Å²) in [5, 5.41) is 0. The molecule has 74 heavy (non-hydrogen) atoms. The summed E-state index contributed by atoms with van der Waals surface area (Å²) >= 11 is 0. The summed E-state index contributed by atoms with van der Waals surface area (Å²) < 4.78 is 16.9. The van der Waals surface area contributed by atoms with E-state index in [1.165, 1.54) is 103 Å². The van der Waals surface area contributed by atoms with E-state index in [0.717, 1.165) is 141 Å². The molecule has 0 saturated carbocycles. The van der Waals surface area contributed by atoms with Crippen molar-refractivity contribution >= 4 is 17.9 Å². The molecule has 1 unspecified atom stereocenters. The van der Waals surface area contributed by atoms with Crippen molar-refractivity contribution in [3.8, 4) is 0 Å². The minimum atomic E-state index is -0.799. The zero-order chi connectivity index (χ0) is 53.6. The molecule has 0 aromatic rings. The van der Waals surface area contributed by atoms with Gasteiger partial charge in [0, 0.05) is 19.3 Å². The van der Waals surface area contributed by atoms with Crippen LogP contribution in [0.5, 0.6) is 0 Å². The Balaban J connectivity index is 4.42. The van der Waals surface area contributed by atoms with Crippen molar-refractivity contribution in [1.82, 2.24) is 0 Å². The van der Waals surface area contributed by atoms with Crippen LogP contribution in [0, 0.1) is 0 Å². The van der Waals surface area contributed by atoms with E-state index in [0.29, 0.717) is 19.3 Å². The molecule has 0 amide bonds. The van der Waals surface area contributed by atoms with E-state index in [-0.39, 0.29) is 31.1 Å².